The number of hydrogen-bond donors (Lipinski definition) is 1. The number of pyridine rings is 1. The molecule has 0 spiro atoms. The molecular formula is C18H17N3O2. The second-order valence-corrected chi connectivity index (χ2v) is 5.08. The molecular weight excluding hydrogens is 290 g/mol. The van der Waals surface area contributed by atoms with Crippen LogP contribution in [-0.2, 0) is 11.2 Å². The molecule has 0 aliphatic carbocycles. The van der Waals surface area contributed by atoms with Crippen molar-refractivity contribution < 1.29 is 9.59 Å². The number of anilines is 1. The smallest absolute Gasteiger partial charge is 0.250 e. The molecule has 0 radical (unpaired) electrons. The average molecular weight is 307 g/mol. The van der Waals surface area contributed by atoms with Gasteiger partial charge >= 0.3 is 0 Å². The summed E-state index contributed by atoms with van der Waals surface area (Å²) in [5.74, 6) is -2.27. The summed E-state index contributed by atoms with van der Waals surface area (Å²) >= 11 is 0. The minimum Gasteiger partial charge on any atom is -0.309 e. The van der Waals surface area contributed by atoms with Gasteiger partial charge in [0.25, 0.3) is 5.91 Å². The van der Waals surface area contributed by atoms with Crippen molar-refractivity contribution in [1.29, 1.82) is 5.26 Å². The highest BCUT2D eigenvalue weighted by molar-refractivity contribution is 6.15. The second-order valence-electron chi connectivity index (χ2n) is 5.08. The van der Waals surface area contributed by atoms with Crippen molar-refractivity contribution >= 4 is 17.5 Å². The van der Waals surface area contributed by atoms with Gasteiger partial charge in [0, 0.05) is 11.8 Å². The van der Waals surface area contributed by atoms with Gasteiger partial charge in [-0.2, -0.15) is 5.26 Å². The monoisotopic (exact) mass is 307 g/mol. The molecule has 5 nitrogen and oxygen atoms in total. The largest absolute Gasteiger partial charge is 0.309 e. The summed E-state index contributed by atoms with van der Waals surface area (Å²) in [6.45, 7) is 2.08. The van der Waals surface area contributed by atoms with E-state index < -0.39 is 17.6 Å². The van der Waals surface area contributed by atoms with E-state index in [0.717, 1.165) is 18.4 Å². The van der Waals surface area contributed by atoms with Gasteiger partial charge in [0.1, 0.15) is 5.82 Å². The van der Waals surface area contributed by atoms with Crippen LogP contribution in [0.15, 0.2) is 48.7 Å². The highest BCUT2D eigenvalue weighted by atomic mass is 16.2. The number of carbonyl (C=O) groups is 2. The molecule has 0 saturated carbocycles. The first-order valence-electron chi connectivity index (χ1n) is 7.40. The van der Waals surface area contributed by atoms with E-state index in [0.29, 0.717) is 11.4 Å². The maximum absolute atomic E-state index is 12.4. The van der Waals surface area contributed by atoms with Crippen LogP contribution in [0.4, 0.5) is 5.82 Å². The molecule has 0 unspecified atom stereocenters. The van der Waals surface area contributed by atoms with E-state index in [1.54, 1.807) is 36.4 Å². The van der Waals surface area contributed by atoms with Crippen molar-refractivity contribution in [2.75, 3.05) is 5.32 Å². The Hall–Kier alpha value is -3.00. The predicted octanol–water partition coefficient (Wildman–Crippen LogP) is 3.00. The van der Waals surface area contributed by atoms with Crippen LogP contribution in [0.2, 0.25) is 0 Å². The third kappa shape index (κ3) is 4.24. The van der Waals surface area contributed by atoms with E-state index in [4.69, 9.17) is 0 Å². The molecule has 1 aromatic carbocycles. The number of Topliss-reactive ketones (excluding diaryl/α,β-unsaturated/α-hetero) is 1. The Bertz CT molecular complexity index is 718. The van der Waals surface area contributed by atoms with Gasteiger partial charge in [-0.3, -0.25) is 9.59 Å². The molecule has 116 valence electrons. The van der Waals surface area contributed by atoms with Gasteiger partial charge in [-0.1, -0.05) is 43.7 Å². The summed E-state index contributed by atoms with van der Waals surface area (Å²) in [4.78, 5) is 28.5. The molecule has 5 heteroatoms. The Morgan fingerprint density at radius 1 is 1.22 bits per heavy atom. The quantitative estimate of drug-likeness (QED) is 0.657. The van der Waals surface area contributed by atoms with Crippen LogP contribution in [-0.4, -0.2) is 16.7 Å². The van der Waals surface area contributed by atoms with Gasteiger partial charge < -0.3 is 5.32 Å². The van der Waals surface area contributed by atoms with E-state index in [9.17, 15) is 14.9 Å². The van der Waals surface area contributed by atoms with E-state index in [1.165, 1.54) is 6.20 Å². The number of nitrogens with zero attached hydrogens (tertiary/aromatic N) is 2. The number of amides is 1. The third-order valence-electron chi connectivity index (χ3n) is 3.35. The number of nitrogens with one attached hydrogen (secondary N) is 1. The molecule has 1 atom stereocenters. The maximum Gasteiger partial charge on any atom is 0.250 e. The van der Waals surface area contributed by atoms with Gasteiger partial charge in [-0.15, -0.1) is 0 Å². The molecule has 2 aromatic rings. The van der Waals surface area contributed by atoms with Crippen molar-refractivity contribution in [2.24, 2.45) is 5.92 Å². The van der Waals surface area contributed by atoms with E-state index in [2.05, 4.69) is 17.2 Å². The lowest BCUT2D eigenvalue weighted by atomic mass is 9.96. The van der Waals surface area contributed by atoms with Crippen LogP contribution in [0.5, 0.6) is 0 Å². The zero-order chi connectivity index (χ0) is 16.7. The van der Waals surface area contributed by atoms with E-state index >= 15 is 0 Å². The topological polar surface area (TPSA) is 82.8 Å². The van der Waals surface area contributed by atoms with Crippen molar-refractivity contribution in [3.63, 3.8) is 0 Å². The summed E-state index contributed by atoms with van der Waals surface area (Å²) < 4.78 is 0. The zero-order valence-corrected chi connectivity index (χ0v) is 12.8. The van der Waals surface area contributed by atoms with Crippen molar-refractivity contribution in [1.82, 2.24) is 4.98 Å². The molecule has 1 N–H and O–H groups in total. The summed E-state index contributed by atoms with van der Waals surface area (Å²) in [7, 11) is 0. The van der Waals surface area contributed by atoms with Gasteiger partial charge in [0.2, 0.25) is 0 Å². The molecule has 1 heterocycles. The summed E-state index contributed by atoms with van der Waals surface area (Å²) in [6.07, 6.45) is 3.46. The standard InChI is InChI=1S/C18H17N3O2/c1-2-5-13-7-9-14(10-8-13)17(22)15(12-19)18(23)21-16-6-3-4-11-20-16/h3-4,6-11,15H,2,5H2,1H3,(H,20,21,23)/t15-/m0/s1. The lowest BCUT2D eigenvalue weighted by Gasteiger charge is -2.09. The molecule has 1 aromatic heterocycles. The Kier molecular flexibility index (Phi) is 5.59. The minimum absolute atomic E-state index is 0.309. The Balaban J connectivity index is 2.11. The van der Waals surface area contributed by atoms with Crippen LogP contribution in [0.1, 0.15) is 29.3 Å². The predicted molar refractivity (Wildman–Crippen MR) is 86.7 cm³/mol. The van der Waals surface area contributed by atoms with Crippen LogP contribution >= 0.6 is 0 Å². The Morgan fingerprint density at radius 2 is 1.96 bits per heavy atom. The van der Waals surface area contributed by atoms with Crippen molar-refractivity contribution in [3.8, 4) is 6.07 Å². The summed E-state index contributed by atoms with van der Waals surface area (Å²) in [6, 6.07) is 13.8. The molecule has 2 rings (SSSR count). The third-order valence-corrected chi connectivity index (χ3v) is 3.35. The number of hydrogen-bond acceptors (Lipinski definition) is 4. The summed E-state index contributed by atoms with van der Waals surface area (Å²) in [5.41, 5.74) is 1.48. The SMILES string of the molecule is CCCc1ccc(C(=O)[C@H](C#N)C(=O)Nc2ccccn2)cc1. The molecule has 0 aliphatic rings. The molecule has 0 bridgehead atoms. The molecule has 23 heavy (non-hydrogen) atoms. The number of aryl methyl sites for hydroxylation is 1. The molecule has 0 aliphatic heterocycles. The Labute approximate surface area is 135 Å². The van der Waals surface area contributed by atoms with Crippen LogP contribution in [0.25, 0.3) is 0 Å². The fraction of sp³-hybridized carbons (Fsp3) is 0.222. The molecule has 1 amide bonds. The van der Waals surface area contributed by atoms with Crippen LogP contribution in [0, 0.1) is 17.2 Å². The molecule has 0 fully saturated rings. The Morgan fingerprint density at radius 3 is 2.52 bits per heavy atom. The number of ketones is 1. The first-order chi connectivity index (χ1) is 11.2. The van der Waals surface area contributed by atoms with Gasteiger partial charge in [-0.05, 0) is 24.1 Å². The minimum atomic E-state index is -1.39. The average Bonchev–Trinajstić information content (AvgIpc) is 2.57. The number of benzene rings is 1. The summed E-state index contributed by atoms with van der Waals surface area (Å²) in [5, 5.41) is 11.7. The normalized spacial score (nSPS) is 11.3. The number of rotatable bonds is 6. The van der Waals surface area contributed by atoms with Crippen molar-refractivity contribution in [2.45, 2.75) is 19.8 Å². The lowest BCUT2D eigenvalue weighted by molar-refractivity contribution is -0.117. The number of carbonyl (C=O) groups excluding carboxylic acids is 2. The highest BCUT2D eigenvalue weighted by Crippen LogP contribution is 2.13. The molecule has 0 saturated heterocycles. The fourth-order valence-electron chi connectivity index (χ4n) is 2.16. The second kappa shape index (κ2) is 7.85. The zero-order valence-electron chi connectivity index (χ0n) is 12.8. The number of aromatic nitrogens is 1. The highest BCUT2D eigenvalue weighted by Gasteiger charge is 2.27. The maximum atomic E-state index is 12.4. The lowest BCUT2D eigenvalue weighted by Crippen LogP contribution is -2.29. The first kappa shape index (κ1) is 16.4. The van der Waals surface area contributed by atoms with E-state index in [-0.39, 0.29) is 0 Å². The van der Waals surface area contributed by atoms with E-state index in [1.807, 2.05) is 12.1 Å². The number of nitriles is 1. The van der Waals surface area contributed by atoms with Crippen molar-refractivity contribution in [3.05, 3.63) is 59.8 Å². The van der Waals surface area contributed by atoms with Gasteiger partial charge in [0.05, 0.1) is 6.07 Å². The van der Waals surface area contributed by atoms with Gasteiger partial charge in [0.15, 0.2) is 11.7 Å². The van der Waals surface area contributed by atoms with Gasteiger partial charge in [-0.25, -0.2) is 4.98 Å². The van der Waals surface area contributed by atoms with Crippen LogP contribution in [0.3, 0.4) is 0 Å². The van der Waals surface area contributed by atoms with Crippen LogP contribution < -0.4 is 5.32 Å². The first-order valence-corrected chi connectivity index (χ1v) is 7.40. The fourth-order valence-corrected chi connectivity index (χ4v) is 2.16.